The average molecular weight is 361 g/mol. The molecule has 4 heteroatoms. The van der Waals surface area contributed by atoms with E-state index in [0.29, 0.717) is 29.0 Å². The summed E-state index contributed by atoms with van der Waals surface area (Å²) in [6, 6.07) is 13.1. The lowest BCUT2D eigenvalue weighted by Crippen LogP contribution is -2.10. The minimum absolute atomic E-state index is 0.0467. The molecule has 0 aliphatic carbocycles. The number of ketones is 2. The van der Waals surface area contributed by atoms with Gasteiger partial charge in [-0.2, -0.15) is 0 Å². The van der Waals surface area contributed by atoms with Gasteiger partial charge in [0.2, 0.25) is 0 Å². The number of ether oxygens (including phenoxy) is 1. The van der Waals surface area contributed by atoms with Crippen molar-refractivity contribution >= 4 is 27.5 Å². The van der Waals surface area contributed by atoms with Gasteiger partial charge >= 0.3 is 0 Å². The fourth-order valence-electron chi connectivity index (χ4n) is 2.35. The van der Waals surface area contributed by atoms with E-state index < -0.39 is 0 Å². The lowest BCUT2D eigenvalue weighted by atomic mass is 9.96. The first kappa shape index (κ1) is 16.4. The van der Waals surface area contributed by atoms with Crippen LogP contribution < -0.4 is 4.74 Å². The van der Waals surface area contributed by atoms with Crippen molar-refractivity contribution in [1.82, 2.24) is 0 Å². The van der Waals surface area contributed by atoms with Gasteiger partial charge in [0.25, 0.3) is 0 Å². The van der Waals surface area contributed by atoms with Gasteiger partial charge in [0, 0.05) is 5.56 Å². The lowest BCUT2D eigenvalue weighted by Gasteiger charge is -2.14. The number of rotatable bonds is 6. The predicted octanol–water partition coefficient (Wildman–Crippen LogP) is 4.35. The minimum Gasteiger partial charge on any atom is -0.488 e. The number of hydrogen-bond acceptors (Lipinski definition) is 3. The van der Waals surface area contributed by atoms with Gasteiger partial charge in [0.15, 0.2) is 11.6 Å². The Labute approximate surface area is 138 Å². The van der Waals surface area contributed by atoms with Crippen molar-refractivity contribution < 1.29 is 14.3 Å². The molecule has 0 bridgehead atoms. The fraction of sp³-hybridized carbons (Fsp3) is 0.222. The van der Waals surface area contributed by atoms with Gasteiger partial charge < -0.3 is 4.74 Å². The van der Waals surface area contributed by atoms with Crippen molar-refractivity contribution in [3.8, 4) is 5.75 Å². The van der Waals surface area contributed by atoms with Gasteiger partial charge in [-0.15, -0.1) is 0 Å². The molecular formula is C18H17BrO3. The maximum absolute atomic E-state index is 12.0. The van der Waals surface area contributed by atoms with Crippen molar-refractivity contribution in [2.75, 3.05) is 5.33 Å². The second-order valence-electron chi connectivity index (χ2n) is 5.00. The number of halogens is 1. The van der Waals surface area contributed by atoms with Crippen LogP contribution >= 0.6 is 15.9 Å². The normalized spacial score (nSPS) is 10.3. The Bertz CT molecular complexity index is 693. The van der Waals surface area contributed by atoms with E-state index in [9.17, 15) is 9.59 Å². The molecule has 0 radical (unpaired) electrons. The maximum Gasteiger partial charge on any atom is 0.173 e. The number of benzene rings is 2. The molecule has 0 unspecified atom stereocenters. The summed E-state index contributed by atoms with van der Waals surface area (Å²) in [5, 5.41) is 0.232. The molecule has 0 aliphatic heterocycles. The molecule has 0 atom stereocenters. The van der Waals surface area contributed by atoms with E-state index in [1.807, 2.05) is 30.3 Å². The molecular weight excluding hydrogens is 344 g/mol. The summed E-state index contributed by atoms with van der Waals surface area (Å²) in [5.41, 5.74) is 2.72. The lowest BCUT2D eigenvalue weighted by molar-refractivity contribution is 0.101. The van der Waals surface area contributed by atoms with Crippen molar-refractivity contribution in [3.63, 3.8) is 0 Å². The molecule has 3 nitrogen and oxygen atoms in total. The molecule has 114 valence electrons. The maximum atomic E-state index is 12.0. The Morgan fingerprint density at radius 2 is 1.77 bits per heavy atom. The largest absolute Gasteiger partial charge is 0.488 e. The number of carbonyl (C=O) groups excluding carboxylic acids is 2. The number of hydrogen-bond donors (Lipinski definition) is 0. The highest BCUT2D eigenvalue weighted by molar-refractivity contribution is 9.09. The van der Waals surface area contributed by atoms with E-state index in [4.69, 9.17) is 4.74 Å². The molecule has 2 aromatic carbocycles. The smallest absolute Gasteiger partial charge is 0.173 e. The Morgan fingerprint density at radius 1 is 1.09 bits per heavy atom. The third kappa shape index (κ3) is 3.63. The summed E-state index contributed by atoms with van der Waals surface area (Å²) in [7, 11) is 0. The van der Waals surface area contributed by atoms with E-state index >= 15 is 0 Å². The highest BCUT2D eigenvalue weighted by Crippen LogP contribution is 2.27. The van der Waals surface area contributed by atoms with Gasteiger partial charge in [0.05, 0.1) is 10.9 Å². The van der Waals surface area contributed by atoms with Gasteiger partial charge in [-0.25, -0.2) is 0 Å². The van der Waals surface area contributed by atoms with Crippen LogP contribution in [0.1, 0.15) is 38.8 Å². The zero-order valence-electron chi connectivity index (χ0n) is 12.6. The van der Waals surface area contributed by atoms with Crippen molar-refractivity contribution in [1.29, 1.82) is 0 Å². The van der Waals surface area contributed by atoms with Crippen LogP contribution in [0.5, 0.6) is 5.75 Å². The predicted molar refractivity (Wildman–Crippen MR) is 90.1 cm³/mol. The van der Waals surface area contributed by atoms with E-state index in [2.05, 4.69) is 15.9 Å². The number of carbonyl (C=O) groups is 2. The van der Waals surface area contributed by atoms with Crippen molar-refractivity contribution in [3.05, 3.63) is 64.7 Å². The van der Waals surface area contributed by atoms with Crippen LogP contribution in [-0.4, -0.2) is 16.9 Å². The average Bonchev–Trinajstić information content (AvgIpc) is 2.52. The van der Waals surface area contributed by atoms with Crippen LogP contribution in [0.25, 0.3) is 0 Å². The van der Waals surface area contributed by atoms with Crippen LogP contribution in [-0.2, 0) is 6.61 Å². The number of Topliss-reactive ketones (excluding diaryl/α,β-unsaturated/α-hetero) is 2. The molecule has 0 N–H and O–H groups in total. The summed E-state index contributed by atoms with van der Waals surface area (Å²) < 4.78 is 5.79. The van der Waals surface area contributed by atoms with Crippen LogP contribution in [0.4, 0.5) is 0 Å². The highest BCUT2D eigenvalue weighted by atomic mass is 79.9. The van der Waals surface area contributed by atoms with Gasteiger partial charge in [0.1, 0.15) is 12.4 Å². The Kier molecular flexibility index (Phi) is 5.50. The van der Waals surface area contributed by atoms with E-state index in [1.165, 1.54) is 6.92 Å². The first-order valence-corrected chi connectivity index (χ1v) is 8.07. The van der Waals surface area contributed by atoms with Crippen LogP contribution in [0.15, 0.2) is 42.5 Å². The Hall–Kier alpha value is -1.94. The minimum atomic E-state index is -0.107. The summed E-state index contributed by atoms with van der Waals surface area (Å²) >= 11 is 3.16. The Balaban J connectivity index is 2.33. The topological polar surface area (TPSA) is 43.4 Å². The second-order valence-corrected chi connectivity index (χ2v) is 5.56. The van der Waals surface area contributed by atoms with E-state index in [-0.39, 0.29) is 16.9 Å². The van der Waals surface area contributed by atoms with Gasteiger partial charge in [-0.1, -0.05) is 46.3 Å². The highest BCUT2D eigenvalue weighted by Gasteiger charge is 2.18. The molecule has 0 aromatic heterocycles. The zero-order valence-corrected chi connectivity index (χ0v) is 14.1. The molecule has 22 heavy (non-hydrogen) atoms. The molecule has 2 aromatic rings. The summed E-state index contributed by atoms with van der Waals surface area (Å²) in [6.07, 6.45) is 0. The summed E-state index contributed by atoms with van der Waals surface area (Å²) in [6.45, 7) is 3.65. The molecule has 0 saturated heterocycles. The van der Waals surface area contributed by atoms with Crippen LogP contribution in [0.2, 0.25) is 0 Å². The Morgan fingerprint density at radius 3 is 2.36 bits per heavy atom. The standard InChI is InChI=1S/C18H17BrO3/c1-12-15(16(21)10-19)8-9-17(18(12)13(2)20)22-11-14-6-4-3-5-7-14/h3-9H,10-11H2,1-2H3. The third-order valence-electron chi connectivity index (χ3n) is 3.44. The molecule has 0 aliphatic rings. The van der Waals surface area contributed by atoms with E-state index in [1.54, 1.807) is 19.1 Å². The molecule has 2 rings (SSSR count). The molecule has 0 saturated carbocycles. The molecule has 0 amide bonds. The molecule has 0 fully saturated rings. The van der Waals surface area contributed by atoms with Crippen molar-refractivity contribution in [2.24, 2.45) is 0 Å². The molecule has 0 spiro atoms. The quantitative estimate of drug-likeness (QED) is 0.567. The fourth-order valence-corrected chi connectivity index (χ4v) is 2.66. The van der Waals surface area contributed by atoms with Crippen LogP contribution in [0, 0.1) is 6.92 Å². The first-order valence-electron chi connectivity index (χ1n) is 6.95. The third-order valence-corrected chi connectivity index (χ3v) is 3.95. The van der Waals surface area contributed by atoms with Crippen LogP contribution in [0.3, 0.4) is 0 Å². The summed E-state index contributed by atoms with van der Waals surface area (Å²) in [4.78, 5) is 23.9. The van der Waals surface area contributed by atoms with Gasteiger partial charge in [-0.05, 0) is 37.1 Å². The zero-order chi connectivity index (χ0) is 16.1. The summed E-state index contributed by atoms with van der Waals surface area (Å²) in [5.74, 6) is 0.361. The second kappa shape index (κ2) is 7.36. The first-order chi connectivity index (χ1) is 10.5. The number of alkyl halides is 1. The van der Waals surface area contributed by atoms with Gasteiger partial charge in [-0.3, -0.25) is 9.59 Å². The van der Waals surface area contributed by atoms with Crippen molar-refractivity contribution in [2.45, 2.75) is 20.5 Å². The SMILES string of the molecule is CC(=O)c1c(OCc2ccccc2)ccc(C(=O)CBr)c1C. The monoisotopic (exact) mass is 360 g/mol. The molecule has 0 heterocycles. The van der Waals surface area contributed by atoms with E-state index in [0.717, 1.165) is 5.56 Å².